The molecule has 0 aromatic heterocycles. The Morgan fingerprint density at radius 3 is 2.15 bits per heavy atom. The van der Waals surface area contributed by atoms with Crippen molar-refractivity contribution in [2.24, 2.45) is 5.41 Å². The fourth-order valence-corrected chi connectivity index (χ4v) is 3.17. The van der Waals surface area contributed by atoms with Crippen molar-refractivity contribution >= 4 is 11.9 Å². The minimum absolute atomic E-state index is 0.0219. The third-order valence-electron chi connectivity index (χ3n) is 4.54. The SMILES string of the molecule is CC(C)(C)CCN1C(=O)NC2(CCCCCCC2)C1=O. The number of rotatable bonds is 2. The zero-order chi connectivity index (χ0) is 14.8. The molecule has 1 spiro atoms. The van der Waals surface area contributed by atoms with Crippen LogP contribution in [0.2, 0.25) is 0 Å². The van der Waals surface area contributed by atoms with Crippen LogP contribution in [0.1, 0.15) is 72.1 Å². The number of hydrogen-bond donors (Lipinski definition) is 1. The molecule has 1 aliphatic carbocycles. The van der Waals surface area contributed by atoms with Gasteiger partial charge < -0.3 is 5.32 Å². The van der Waals surface area contributed by atoms with Crippen molar-refractivity contribution in [3.05, 3.63) is 0 Å². The van der Waals surface area contributed by atoms with Crippen LogP contribution >= 0.6 is 0 Å². The Labute approximate surface area is 122 Å². The maximum atomic E-state index is 12.7. The number of carbonyl (C=O) groups excluding carboxylic acids is 2. The van der Waals surface area contributed by atoms with Crippen LogP contribution in [-0.2, 0) is 4.79 Å². The van der Waals surface area contributed by atoms with Gasteiger partial charge in [0.15, 0.2) is 0 Å². The molecular formula is C16H28N2O2. The summed E-state index contributed by atoms with van der Waals surface area (Å²) in [4.78, 5) is 26.3. The zero-order valence-electron chi connectivity index (χ0n) is 13.1. The molecule has 1 N–H and O–H groups in total. The van der Waals surface area contributed by atoms with Gasteiger partial charge >= 0.3 is 6.03 Å². The van der Waals surface area contributed by atoms with Crippen molar-refractivity contribution in [2.45, 2.75) is 77.7 Å². The largest absolute Gasteiger partial charge is 0.325 e. The summed E-state index contributed by atoms with van der Waals surface area (Å²) in [7, 11) is 0. The lowest BCUT2D eigenvalue weighted by molar-refractivity contribution is -0.132. The molecule has 0 aromatic carbocycles. The molecule has 4 heteroatoms. The van der Waals surface area contributed by atoms with Gasteiger partial charge in [-0.15, -0.1) is 0 Å². The van der Waals surface area contributed by atoms with Crippen LogP contribution in [-0.4, -0.2) is 28.9 Å². The summed E-state index contributed by atoms with van der Waals surface area (Å²) in [5, 5.41) is 3.01. The maximum Gasteiger partial charge on any atom is 0.325 e. The fourth-order valence-electron chi connectivity index (χ4n) is 3.17. The molecule has 4 nitrogen and oxygen atoms in total. The van der Waals surface area contributed by atoms with Gasteiger partial charge in [-0.2, -0.15) is 0 Å². The van der Waals surface area contributed by atoms with Crippen molar-refractivity contribution in [1.82, 2.24) is 10.2 Å². The van der Waals surface area contributed by atoms with Crippen LogP contribution in [0.25, 0.3) is 0 Å². The average molecular weight is 280 g/mol. The van der Waals surface area contributed by atoms with Gasteiger partial charge in [0.1, 0.15) is 5.54 Å². The van der Waals surface area contributed by atoms with Crippen LogP contribution in [0.4, 0.5) is 4.79 Å². The van der Waals surface area contributed by atoms with Gasteiger partial charge in [0.25, 0.3) is 5.91 Å². The third-order valence-corrected chi connectivity index (χ3v) is 4.54. The molecule has 2 aliphatic rings. The minimum Gasteiger partial charge on any atom is -0.323 e. The molecule has 0 unspecified atom stereocenters. The van der Waals surface area contributed by atoms with Crippen LogP contribution in [0.5, 0.6) is 0 Å². The Bertz CT molecular complexity index is 376. The van der Waals surface area contributed by atoms with Crippen LogP contribution < -0.4 is 5.32 Å². The Balaban J connectivity index is 2.06. The summed E-state index contributed by atoms with van der Waals surface area (Å²) in [5.74, 6) is 0.0219. The molecule has 1 saturated heterocycles. The third kappa shape index (κ3) is 3.33. The number of imide groups is 1. The highest BCUT2D eigenvalue weighted by Gasteiger charge is 2.50. The molecule has 2 rings (SSSR count). The summed E-state index contributed by atoms with van der Waals surface area (Å²) >= 11 is 0. The number of nitrogens with one attached hydrogen (secondary N) is 1. The Kier molecular flexibility index (Phi) is 4.40. The highest BCUT2D eigenvalue weighted by molar-refractivity contribution is 6.07. The van der Waals surface area contributed by atoms with E-state index in [-0.39, 0.29) is 17.4 Å². The van der Waals surface area contributed by atoms with Gasteiger partial charge in [-0.3, -0.25) is 9.69 Å². The lowest BCUT2D eigenvalue weighted by Gasteiger charge is -2.29. The van der Waals surface area contributed by atoms with E-state index >= 15 is 0 Å². The molecule has 20 heavy (non-hydrogen) atoms. The van der Waals surface area contributed by atoms with Crippen LogP contribution in [0, 0.1) is 5.41 Å². The standard InChI is InChI=1S/C16H28N2O2/c1-15(2,3)11-12-18-13(19)16(17-14(18)20)9-7-5-4-6-8-10-16/h4-12H2,1-3H3,(H,17,20). The Morgan fingerprint density at radius 1 is 1.05 bits per heavy atom. The molecule has 0 atom stereocenters. The quantitative estimate of drug-likeness (QED) is 0.787. The van der Waals surface area contributed by atoms with Gasteiger partial charge in [0.05, 0.1) is 0 Å². The molecule has 114 valence electrons. The van der Waals surface area contributed by atoms with E-state index in [1.165, 1.54) is 24.2 Å². The van der Waals surface area contributed by atoms with Gasteiger partial charge in [0, 0.05) is 6.54 Å². The number of hydrogen-bond acceptors (Lipinski definition) is 2. The van der Waals surface area contributed by atoms with E-state index in [9.17, 15) is 9.59 Å². The van der Waals surface area contributed by atoms with Crippen molar-refractivity contribution in [2.75, 3.05) is 6.54 Å². The fraction of sp³-hybridized carbons (Fsp3) is 0.875. The second-order valence-corrected chi connectivity index (χ2v) is 7.55. The predicted octanol–water partition coefficient (Wildman–Crippen LogP) is 3.46. The maximum absolute atomic E-state index is 12.7. The lowest BCUT2D eigenvalue weighted by atomic mass is 9.84. The summed E-state index contributed by atoms with van der Waals surface area (Å²) in [5.41, 5.74) is -0.452. The highest BCUT2D eigenvalue weighted by Crippen LogP contribution is 2.32. The van der Waals surface area contributed by atoms with E-state index in [0.29, 0.717) is 6.54 Å². The van der Waals surface area contributed by atoms with Gasteiger partial charge in [-0.25, -0.2) is 4.79 Å². The summed E-state index contributed by atoms with van der Waals surface area (Å²) in [6.45, 7) is 6.95. The van der Waals surface area contributed by atoms with Crippen LogP contribution in [0.15, 0.2) is 0 Å². The summed E-state index contributed by atoms with van der Waals surface area (Å²) < 4.78 is 0. The normalized spacial score (nSPS) is 23.6. The van der Waals surface area contributed by atoms with Crippen molar-refractivity contribution in [1.29, 1.82) is 0 Å². The monoisotopic (exact) mass is 280 g/mol. The Hall–Kier alpha value is -1.06. The molecule has 1 aliphatic heterocycles. The molecular weight excluding hydrogens is 252 g/mol. The Morgan fingerprint density at radius 2 is 1.60 bits per heavy atom. The molecule has 0 radical (unpaired) electrons. The molecule has 3 amide bonds. The highest BCUT2D eigenvalue weighted by atomic mass is 16.2. The second-order valence-electron chi connectivity index (χ2n) is 7.55. The molecule has 2 fully saturated rings. The van der Waals surface area contributed by atoms with E-state index in [4.69, 9.17) is 0 Å². The number of carbonyl (C=O) groups is 2. The van der Waals surface area contributed by atoms with E-state index < -0.39 is 5.54 Å². The van der Waals surface area contributed by atoms with E-state index in [1.807, 2.05) is 0 Å². The predicted molar refractivity (Wildman–Crippen MR) is 79.4 cm³/mol. The molecule has 0 aromatic rings. The molecule has 0 bridgehead atoms. The smallest absolute Gasteiger partial charge is 0.323 e. The van der Waals surface area contributed by atoms with E-state index in [2.05, 4.69) is 26.1 Å². The van der Waals surface area contributed by atoms with E-state index in [1.54, 1.807) is 0 Å². The first-order valence-corrected chi connectivity index (χ1v) is 7.98. The average Bonchev–Trinajstić information content (AvgIpc) is 2.54. The topological polar surface area (TPSA) is 49.4 Å². The molecule has 1 heterocycles. The molecule has 1 saturated carbocycles. The lowest BCUT2D eigenvalue weighted by Crippen LogP contribution is -2.47. The summed E-state index contributed by atoms with van der Waals surface area (Å²) in [6.07, 6.45) is 8.15. The minimum atomic E-state index is -0.588. The number of amides is 3. The number of urea groups is 1. The van der Waals surface area contributed by atoms with Crippen LogP contribution in [0.3, 0.4) is 0 Å². The van der Waals surface area contributed by atoms with Gasteiger partial charge in [-0.1, -0.05) is 52.9 Å². The van der Waals surface area contributed by atoms with Gasteiger partial charge in [0.2, 0.25) is 0 Å². The van der Waals surface area contributed by atoms with E-state index in [0.717, 1.165) is 32.1 Å². The second kappa shape index (κ2) is 5.74. The van der Waals surface area contributed by atoms with Gasteiger partial charge in [-0.05, 0) is 24.7 Å². The van der Waals surface area contributed by atoms with Crippen molar-refractivity contribution in [3.8, 4) is 0 Å². The first kappa shape index (κ1) is 15.3. The number of nitrogens with zero attached hydrogens (tertiary/aromatic N) is 1. The van der Waals surface area contributed by atoms with Crippen molar-refractivity contribution in [3.63, 3.8) is 0 Å². The summed E-state index contributed by atoms with van der Waals surface area (Å²) in [6, 6.07) is -0.181. The first-order chi connectivity index (χ1) is 9.34. The zero-order valence-corrected chi connectivity index (χ0v) is 13.1. The van der Waals surface area contributed by atoms with Crippen molar-refractivity contribution < 1.29 is 9.59 Å². The first-order valence-electron chi connectivity index (χ1n) is 7.98.